The Morgan fingerprint density at radius 3 is 2.74 bits per heavy atom. The van der Waals surface area contributed by atoms with E-state index in [4.69, 9.17) is 0 Å². The Morgan fingerprint density at radius 2 is 2.11 bits per heavy atom. The van der Waals surface area contributed by atoms with Crippen LogP contribution in [-0.4, -0.2) is 24.0 Å². The lowest BCUT2D eigenvalue weighted by Crippen LogP contribution is -2.26. The maximum Gasteiger partial charge on any atom is 0.0299 e. The minimum atomic E-state index is 0.876. The van der Waals surface area contributed by atoms with Crippen molar-refractivity contribution in [3.8, 4) is 0 Å². The van der Waals surface area contributed by atoms with Crippen molar-refractivity contribution in [2.45, 2.75) is 65.6 Å². The second kappa shape index (κ2) is 7.41. The third kappa shape index (κ3) is 4.59. The molecule has 0 radical (unpaired) electrons. The van der Waals surface area contributed by atoms with Gasteiger partial charge in [-0.2, -0.15) is 0 Å². The molecule has 0 atom stereocenters. The first-order valence-corrected chi connectivity index (χ1v) is 8.59. The number of hydrogen-bond acceptors (Lipinski definition) is 3. The molecule has 0 saturated heterocycles. The van der Waals surface area contributed by atoms with Crippen LogP contribution in [0.4, 0.5) is 0 Å². The van der Waals surface area contributed by atoms with Crippen LogP contribution in [-0.2, 0) is 13.1 Å². The van der Waals surface area contributed by atoms with Crippen LogP contribution in [0.15, 0.2) is 6.07 Å². The Bertz CT molecular complexity index is 382. The van der Waals surface area contributed by atoms with Crippen LogP contribution in [0, 0.1) is 6.92 Å². The molecule has 0 spiro atoms. The summed E-state index contributed by atoms with van der Waals surface area (Å²) in [5.41, 5.74) is 1.55. The molecule has 1 aliphatic rings. The molecule has 1 aromatic rings. The molecule has 3 heteroatoms. The van der Waals surface area contributed by atoms with E-state index in [-0.39, 0.29) is 0 Å². The Kier molecular flexibility index (Phi) is 5.86. The van der Waals surface area contributed by atoms with Crippen molar-refractivity contribution >= 4 is 11.3 Å². The smallest absolute Gasteiger partial charge is 0.0299 e. The lowest BCUT2D eigenvalue weighted by molar-refractivity contribution is 0.255. The summed E-state index contributed by atoms with van der Waals surface area (Å²) in [5.74, 6) is 0. The Labute approximate surface area is 122 Å². The molecule has 108 valence electrons. The number of hydrogen-bond donors (Lipinski definition) is 1. The molecule has 0 aromatic carbocycles. The molecule has 0 amide bonds. The van der Waals surface area contributed by atoms with Gasteiger partial charge in [0.2, 0.25) is 0 Å². The summed E-state index contributed by atoms with van der Waals surface area (Å²) in [6.45, 7) is 11.4. The first kappa shape index (κ1) is 15.0. The van der Waals surface area contributed by atoms with Crippen molar-refractivity contribution < 1.29 is 0 Å². The van der Waals surface area contributed by atoms with E-state index in [1.54, 1.807) is 5.56 Å². The van der Waals surface area contributed by atoms with Crippen LogP contribution in [0.3, 0.4) is 0 Å². The maximum absolute atomic E-state index is 3.50. The summed E-state index contributed by atoms with van der Waals surface area (Å²) < 4.78 is 0. The summed E-state index contributed by atoms with van der Waals surface area (Å²) >= 11 is 1.97. The number of nitrogens with one attached hydrogen (secondary N) is 1. The van der Waals surface area contributed by atoms with Crippen LogP contribution in [0.5, 0.6) is 0 Å². The molecule has 0 unspecified atom stereocenters. The quantitative estimate of drug-likeness (QED) is 0.690. The normalized spacial score (nSPS) is 15.4. The molecule has 1 saturated carbocycles. The molecule has 1 aromatic heterocycles. The van der Waals surface area contributed by atoms with Gasteiger partial charge in [0.05, 0.1) is 0 Å². The zero-order valence-electron chi connectivity index (χ0n) is 12.7. The molecule has 2 rings (SSSR count). The van der Waals surface area contributed by atoms with Crippen molar-refractivity contribution in [3.63, 3.8) is 0 Å². The predicted molar refractivity (Wildman–Crippen MR) is 84.8 cm³/mol. The van der Waals surface area contributed by atoms with Gasteiger partial charge in [-0.3, -0.25) is 4.90 Å². The van der Waals surface area contributed by atoms with Gasteiger partial charge in [-0.05, 0) is 57.3 Å². The Hall–Kier alpha value is -0.380. The van der Waals surface area contributed by atoms with Crippen LogP contribution in [0.1, 0.15) is 54.8 Å². The minimum Gasteiger partial charge on any atom is -0.312 e. The number of nitrogens with zero attached hydrogens (tertiary/aromatic N) is 1. The van der Waals surface area contributed by atoms with Gasteiger partial charge in [-0.25, -0.2) is 0 Å². The highest BCUT2D eigenvalue weighted by atomic mass is 32.1. The Morgan fingerprint density at radius 1 is 1.32 bits per heavy atom. The SMILES string of the molecule is CCCNCc1cc(CN(CCC)C2CC2)c(C)s1. The standard InChI is InChI=1S/C16H28N2S/c1-4-8-17-11-16-10-14(13(3)19-16)12-18(9-5-2)15-6-7-15/h10,15,17H,4-9,11-12H2,1-3H3. The van der Waals surface area contributed by atoms with E-state index in [1.165, 1.54) is 42.0 Å². The fourth-order valence-corrected chi connectivity index (χ4v) is 3.58. The van der Waals surface area contributed by atoms with Crippen molar-refractivity contribution in [2.24, 2.45) is 0 Å². The van der Waals surface area contributed by atoms with E-state index in [0.717, 1.165) is 25.7 Å². The highest BCUT2D eigenvalue weighted by molar-refractivity contribution is 7.12. The molecule has 0 bridgehead atoms. The second-order valence-electron chi connectivity index (χ2n) is 5.67. The third-order valence-electron chi connectivity index (χ3n) is 3.75. The minimum absolute atomic E-state index is 0.876. The van der Waals surface area contributed by atoms with E-state index < -0.39 is 0 Å². The van der Waals surface area contributed by atoms with Crippen molar-refractivity contribution in [3.05, 3.63) is 21.4 Å². The third-order valence-corrected chi connectivity index (χ3v) is 4.84. The predicted octanol–water partition coefficient (Wildman–Crippen LogP) is 3.93. The monoisotopic (exact) mass is 280 g/mol. The van der Waals surface area contributed by atoms with Gasteiger partial charge in [-0.15, -0.1) is 11.3 Å². The molecule has 2 nitrogen and oxygen atoms in total. The number of rotatable bonds is 9. The number of thiophene rings is 1. The zero-order valence-corrected chi connectivity index (χ0v) is 13.5. The highest BCUT2D eigenvalue weighted by Crippen LogP contribution is 2.30. The number of aryl methyl sites for hydroxylation is 1. The van der Waals surface area contributed by atoms with E-state index >= 15 is 0 Å². The zero-order chi connectivity index (χ0) is 13.7. The summed E-state index contributed by atoms with van der Waals surface area (Å²) in [5, 5.41) is 3.50. The van der Waals surface area contributed by atoms with Crippen molar-refractivity contribution in [1.29, 1.82) is 0 Å². The molecular formula is C16H28N2S. The fourth-order valence-electron chi connectivity index (χ4n) is 2.56. The van der Waals surface area contributed by atoms with Gasteiger partial charge in [0.15, 0.2) is 0 Å². The highest BCUT2D eigenvalue weighted by Gasteiger charge is 2.28. The van der Waals surface area contributed by atoms with E-state index in [1.807, 2.05) is 11.3 Å². The first-order valence-electron chi connectivity index (χ1n) is 7.77. The van der Waals surface area contributed by atoms with E-state index in [0.29, 0.717) is 0 Å². The van der Waals surface area contributed by atoms with Crippen LogP contribution in [0.2, 0.25) is 0 Å². The largest absolute Gasteiger partial charge is 0.312 e. The summed E-state index contributed by atoms with van der Waals surface area (Å²) in [6.07, 6.45) is 5.30. The molecule has 1 N–H and O–H groups in total. The lowest BCUT2D eigenvalue weighted by Gasteiger charge is -2.21. The average molecular weight is 280 g/mol. The van der Waals surface area contributed by atoms with Gasteiger partial charge in [0, 0.05) is 28.9 Å². The van der Waals surface area contributed by atoms with Gasteiger partial charge < -0.3 is 5.32 Å². The molecule has 1 fully saturated rings. The van der Waals surface area contributed by atoms with Crippen LogP contribution in [0.25, 0.3) is 0 Å². The van der Waals surface area contributed by atoms with Crippen LogP contribution >= 0.6 is 11.3 Å². The van der Waals surface area contributed by atoms with E-state index in [2.05, 4.69) is 37.1 Å². The van der Waals surface area contributed by atoms with Gasteiger partial charge in [0.1, 0.15) is 0 Å². The van der Waals surface area contributed by atoms with Gasteiger partial charge in [-0.1, -0.05) is 13.8 Å². The first-order chi connectivity index (χ1) is 9.24. The maximum atomic E-state index is 3.50. The summed E-state index contributed by atoms with van der Waals surface area (Å²) in [6, 6.07) is 3.30. The molecular weight excluding hydrogens is 252 g/mol. The molecule has 1 aliphatic carbocycles. The lowest BCUT2D eigenvalue weighted by atomic mass is 10.2. The second-order valence-corrected chi connectivity index (χ2v) is 7.01. The van der Waals surface area contributed by atoms with Gasteiger partial charge >= 0.3 is 0 Å². The average Bonchev–Trinajstić information content (AvgIpc) is 3.16. The van der Waals surface area contributed by atoms with Crippen LogP contribution < -0.4 is 5.32 Å². The topological polar surface area (TPSA) is 15.3 Å². The van der Waals surface area contributed by atoms with Gasteiger partial charge in [0.25, 0.3) is 0 Å². The molecule has 1 heterocycles. The summed E-state index contributed by atoms with van der Waals surface area (Å²) in [7, 11) is 0. The Balaban J connectivity index is 1.91. The molecule has 0 aliphatic heterocycles. The van der Waals surface area contributed by atoms with E-state index in [9.17, 15) is 0 Å². The molecule has 19 heavy (non-hydrogen) atoms. The fraction of sp³-hybridized carbons (Fsp3) is 0.750. The van der Waals surface area contributed by atoms with Crippen molar-refractivity contribution in [2.75, 3.05) is 13.1 Å². The summed E-state index contributed by atoms with van der Waals surface area (Å²) in [4.78, 5) is 5.68. The van der Waals surface area contributed by atoms with Crippen molar-refractivity contribution in [1.82, 2.24) is 10.2 Å².